The van der Waals surface area contributed by atoms with Gasteiger partial charge in [-0.15, -0.1) is 0 Å². The summed E-state index contributed by atoms with van der Waals surface area (Å²) in [5.74, 6) is 0. The zero-order chi connectivity index (χ0) is 15.4. The Morgan fingerprint density at radius 3 is 1.10 bits per heavy atom. The molecule has 0 aromatic rings. The molecule has 0 rings (SSSR count). The molecule has 4 nitrogen and oxygen atoms in total. The molecule has 0 saturated heterocycles. The number of ether oxygens (including phenoxy) is 4. The van der Waals surface area contributed by atoms with Crippen molar-refractivity contribution in [1.29, 1.82) is 0 Å². The highest BCUT2D eigenvalue weighted by molar-refractivity contribution is 5.18. The molecule has 0 N–H and O–H groups in total. The van der Waals surface area contributed by atoms with Gasteiger partial charge in [0.2, 0.25) is 0 Å². The van der Waals surface area contributed by atoms with Gasteiger partial charge in [-0.25, -0.2) is 0 Å². The van der Waals surface area contributed by atoms with Crippen molar-refractivity contribution in [3.05, 3.63) is 23.3 Å². The lowest BCUT2D eigenvalue weighted by Gasteiger charge is -2.19. The monoisotopic (exact) mass is 286 g/mol. The molecule has 118 valence electrons. The molecule has 0 spiro atoms. The van der Waals surface area contributed by atoms with Crippen LogP contribution < -0.4 is 0 Å². The summed E-state index contributed by atoms with van der Waals surface area (Å²) in [5.41, 5.74) is 2.06. The van der Waals surface area contributed by atoms with Crippen molar-refractivity contribution in [3.63, 3.8) is 0 Å². The maximum atomic E-state index is 5.55. The van der Waals surface area contributed by atoms with E-state index in [-0.39, 0.29) is 12.6 Å². The molecule has 0 saturated carbocycles. The Labute approximate surface area is 123 Å². The van der Waals surface area contributed by atoms with Crippen molar-refractivity contribution in [2.75, 3.05) is 26.4 Å². The summed E-state index contributed by atoms with van der Waals surface area (Å²) >= 11 is 0. The summed E-state index contributed by atoms with van der Waals surface area (Å²) < 4.78 is 22.2. The van der Waals surface area contributed by atoms with Gasteiger partial charge in [0, 0.05) is 26.4 Å². The van der Waals surface area contributed by atoms with Crippen LogP contribution in [0.4, 0.5) is 0 Å². The zero-order valence-electron chi connectivity index (χ0n) is 13.8. The maximum Gasteiger partial charge on any atom is 0.179 e. The fourth-order valence-electron chi connectivity index (χ4n) is 1.65. The summed E-state index contributed by atoms with van der Waals surface area (Å²) in [5, 5.41) is 0. The minimum Gasteiger partial charge on any atom is -0.349 e. The molecule has 0 heterocycles. The van der Waals surface area contributed by atoms with Gasteiger partial charge in [-0.2, -0.15) is 0 Å². The molecule has 0 aromatic carbocycles. The molecule has 0 aliphatic carbocycles. The van der Waals surface area contributed by atoms with Crippen molar-refractivity contribution in [3.8, 4) is 0 Å². The second-order valence-corrected chi connectivity index (χ2v) is 4.31. The van der Waals surface area contributed by atoms with E-state index in [9.17, 15) is 0 Å². The number of rotatable bonds is 11. The van der Waals surface area contributed by atoms with Crippen LogP contribution in [0.1, 0.15) is 41.5 Å². The van der Waals surface area contributed by atoms with E-state index in [2.05, 4.69) is 0 Å². The number of hydrogen-bond donors (Lipinski definition) is 0. The molecule has 20 heavy (non-hydrogen) atoms. The quantitative estimate of drug-likeness (QED) is 0.429. The highest BCUT2D eigenvalue weighted by Gasteiger charge is 2.11. The van der Waals surface area contributed by atoms with Crippen molar-refractivity contribution in [1.82, 2.24) is 0 Å². The normalized spacial score (nSPS) is 13.6. The van der Waals surface area contributed by atoms with Gasteiger partial charge in [0.05, 0.1) is 0 Å². The molecular formula is C16H30O4. The van der Waals surface area contributed by atoms with E-state index >= 15 is 0 Å². The predicted molar refractivity (Wildman–Crippen MR) is 81.6 cm³/mol. The average molecular weight is 286 g/mol. The molecule has 0 amide bonds. The first-order valence-electron chi connectivity index (χ1n) is 7.41. The predicted octanol–water partition coefficient (Wildman–Crippen LogP) is 3.68. The van der Waals surface area contributed by atoms with Crippen LogP contribution in [-0.2, 0) is 18.9 Å². The highest BCUT2D eigenvalue weighted by Crippen LogP contribution is 2.12. The molecule has 0 aliphatic rings. The second kappa shape index (κ2) is 12.1. The fraction of sp³-hybridized carbons (Fsp3) is 0.750. The van der Waals surface area contributed by atoms with Crippen LogP contribution in [0.3, 0.4) is 0 Å². The van der Waals surface area contributed by atoms with Crippen LogP contribution in [0.15, 0.2) is 23.3 Å². The van der Waals surface area contributed by atoms with Crippen LogP contribution in [0.2, 0.25) is 0 Å². The van der Waals surface area contributed by atoms with E-state index in [1.165, 1.54) is 0 Å². The first kappa shape index (κ1) is 19.3. The minimum absolute atomic E-state index is 0.285. The van der Waals surface area contributed by atoms with Gasteiger partial charge < -0.3 is 18.9 Å². The van der Waals surface area contributed by atoms with E-state index in [0.717, 1.165) is 11.1 Å². The summed E-state index contributed by atoms with van der Waals surface area (Å²) in [6.45, 7) is 14.3. The van der Waals surface area contributed by atoms with E-state index in [0.29, 0.717) is 26.4 Å². The standard InChI is InChI=1S/C16H30O4/c1-7-17-15(18-8-2)13(5)11-12-14(6)16(19-9-3)20-10-4/h11-12,15-16H,7-10H2,1-6H3/b13-11+,14-12+. The maximum absolute atomic E-state index is 5.55. The van der Waals surface area contributed by atoms with Crippen molar-refractivity contribution < 1.29 is 18.9 Å². The lowest BCUT2D eigenvalue weighted by Crippen LogP contribution is -2.19. The Bertz CT molecular complexity index is 255. The lowest BCUT2D eigenvalue weighted by atomic mass is 10.2. The molecular weight excluding hydrogens is 256 g/mol. The molecule has 0 bridgehead atoms. The van der Waals surface area contributed by atoms with Gasteiger partial charge in [-0.3, -0.25) is 0 Å². The highest BCUT2D eigenvalue weighted by atomic mass is 16.7. The van der Waals surface area contributed by atoms with Gasteiger partial charge in [0.1, 0.15) is 0 Å². The van der Waals surface area contributed by atoms with E-state index in [1.807, 2.05) is 53.7 Å². The zero-order valence-corrected chi connectivity index (χ0v) is 13.8. The van der Waals surface area contributed by atoms with Gasteiger partial charge >= 0.3 is 0 Å². The summed E-state index contributed by atoms with van der Waals surface area (Å²) in [6.07, 6.45) is 3.42. The summed E-state index contributed by atoms with van der Waals surface area (Å²) in [4.78, 5) is 0. The lowest BCUT2D eigenvalue weighted by molar-refractivity contribution is -0.112. The number of allylic oxidation sites excluding steroid dienone is 2. The van der Waals surface area contributed by atoms with Crippen LogP contribution in [0, 0.1) is 0 Å². The molecule has 0 aliphatic heterocycles. The molecule has 0 atom stereocenters. The van der Waals surface area contributed by atoms with Gasteiger partial charge in [0.15, 0.2) is 12.6 Å². The van der Waals surface area contributed by atoms with Gasteiger partial charge in [0.25, 0.3) is 0 Å². The first-order valence-corrected chi connectivity index (χ1v) is 7.41. The van der Waals surface area contributed by atoms with Crippen LogP contribution >= 0.6 is 0 Å². The van der Waals surface area contributed by atoms with E-state index in [1.54, 1.807) is 0 Å². The van der Waals surface area contributed by atoms with E-state index in [4.69, 9.17) is 18.9 Å². The van der Waals surface area contributed by atoms with Crippen molar-refractivity contribution in [2.24, 2.45) is 0 Å². The Kier molecular flexibility index (Phi) is 11.7. The third-order valence-electron chi connectivity index (χ3n) is 2.62. The largest absolute Gasteiger partial charge is 0.349 e. The summed E-state index contributed by atoms with van der Waals surface area (Å²) in [7, 11) is 0. The van der Waals surface area contributed by atoms with Crippen LogP contribution in [-0.4, -0.2) is 39.0 Å². The Morgan fingerprint density at radius 1 is 0.650 bits per heavy atom. The average Bonchev–Trinajstić information content (AvgIpc) is 2.44. The first-order chi connectivity index (χ1) is 9.60. The third kappa shape index (κ3) is 7.80. The number of hydrogen-bond acceptors (Lipinski definition) is 4. The fourth-order valence-corrected chi connectivity index (χ4v) is 1.65. The van der Waals surface area contributed by atoms with Crippen LogP contribution in [0.5, 0.6) is 0 Å². The topological polar surface area (TPSA) is 36.9 Å². The Balaban J connectivity index is 4.76. The van der Waals surface area contributed by atoms with Gasteiger partial charge in [-0.1, -0.05) is 12.2 Å². The Hall–Kier alpha value is -0.680. The molecule has 0 unspecified atom stereocenters. The van der Waals surface area contributed by atoms with E-state index < -0.39 is 0 Å². The molecule has 0 aromatic heterocycles. The van der Waals surface area contributed by atoms with Crippen molar-refractivity contribution in [2.45, 2.75) is 54.1 Å². The molecule has 4 heteroatoms. The van der Waals surface area contributed by atoms with Crippen LogP contribution in [0.25, 0.3) is 0 Å². The van der Waals surface area contributed by atoms with Gasteiger partial charge in [-0.05, 0) is 52.7 Å². The second-order valence-electron chi connectivity index (χ2n) is 4.31. The molecule has 0 radical (unpaired) electrons. The smallest absolute Gasteiger partial charge is 0.179 e. The molecule has 0 fully saturated rings. The SMILES string of the molecule is CCOC(OCC)/C(C)=C/C=C(\C)C(OCC)OCC. The van der Waals surface area contributed by atoms with Crippen molar-refractivity contribution >= 4 is 0 Å². The Morgan fingerprint density at radius 2 is 0.900 bits per heavy atom. The summed E-state index contributed by atoms with van der Waals surface area (Å²) in [6, 6.07) is 0. The third-order valence-corrected chi connectivity index (χ3v) is 2.62. The minimum atomic E-state index is -0.285.